The first-order chi connectivity index (χ1) is 12.5. The lowest BCUT2D eigenvalue weighted by atomic mass is 9.83. The van der Waals surface area contributed by atoms with E-state index in [0.717, 1.165) is 0 Å². The van der Waals surface area contributed by atoms with Crippen LogP contribution in [0.25, 0.3) is 0 Å². The van der Waals surface area contributed by atoms with E-state index >= 15 is 0 Å². The fourth-order valence-corrected chi connectivity index (χ4v) is 6.06. The molecule has 1 spiro atoms. The molecule has 136 valence electrons. The van der Waals surface area contributed by atoms with Gasteiger partial charge in [0.1, 0.15) is 4.75 Å². The number of pyridine rings is 1. The molecule has 0 N–H and O–H groups in total. The molecule has 0 saturated carbocycles. The molecular formula is C17H18N4O4S. The highest BCUT2D eigenvalue weighted by Crippen LogP contribution is 2.45. The summed E-state index contributed by atoms with van der Waals surface area (Å²) in [6.45, 7) is 0.612. The van der Waals surface area contributed by atoms with Crippen molar-refractivity contribution < 1.29 is 17.9 Å². The highest BCUT2D eigenvalue weighted by molar-refractivity contribution is 7.93. The number of sulfone groups is 1. The van der Waals surface area contributed by atoms with Crippen molar-refractivity contribution in [2.45, 2.75) is 11.2 Å². The SMILES string of the molecule is O=C(c1ccncc1)N1CC2(C1)[C@H](COc1ncccn1)CCS2(=O)=O. The number of ether oxygens (including phenoxy) is 1. The molecule has 0 unspecified atom stereocenters. The molecule has 2 fully saturated rings. The molecule has 2 aliphatic rings. The minimum absolute atomic E-state index is 0.119. The molecule has 4 heterocycles. The van der Waals surface area contributed by atoms with Crippen LogP contribution in [0.4, 0.5) is 0 Å². The summed E-state index contributed by atoms with van der Waals surface area (Å²) >= 11 is 0. The molecule has 2 aromatic heterocycles. The Labute approximate surface area is 151 Å². The Hall–Kier alpha value is -2.55. The number of carbonyl (C=O) groups is 1. The predicted molar refractivity (Wildman–Crippen MR) is 92.3 cm³/mol. The van der Waals surface area contributed by atoms with Gasteiger partial charge in [0.25, 0.3) is 5.91 Å². The Morgan fingerprint density at radius 1 is 1.19 bits per heavy atom. The zero-order valence-corrected chi connectivity index (χ0v) is 14.8. The number of rotatable bonds is 4. The van der Waals surface area contributed by atoms with Gasteiger partial charge in [0.15, 0.2) is 9.84 Å². The molecule has 1 atom stereocenters. The van der Waals surface area contributed by atoms with Gasteiger partial charge in [0.05, 0.1) is 12.4 Å². The Bertz CT molecular complexity index is 899. The Kier molecular flexibility index (Phi) is 4.10. The maximum Gasteiger partial charge on any atom is 0.316 e. The predicted octanol–water partition coefficient (Wildman–Crippen LogP) is 0.580. The first kappa shape index (κ1) is 16.9. The van der Waals surface area contributed by atoms with Gasteiger partial charge in [-0.15, -0.1) is 0 Å². The van der Waals surface area contributed by atoms with Crippen LogP contribution < -0.4 is 4.74 Å². The fraction of sp³-hybridized carbons (Fsp3) is 0.412. The molecule has 9 heteroatoms. The lowest BCUT2D eigenvalue weighted by molar-refractivity contribution is 0.0403. The van der Waals surface area contributed by atoms with Crippen LogP contribution in [0, 0.1) is 5.92 Å². The van der Waals surface area contributed by atoms with E-state index in [1.807, 2.05) is 0 Å². The second kappa shape index (κ2) is 6.31. The molecule has 2 aromatic rings. The topological polar surface area (TPSA) is 102 Å². The second-order valence-corrected chi connectivity index (χ2v) is 9.06. The number of hydrogen-bond donors (Lipinski definition) is 0. The van der Waals surface area contributed by atoms with E-state index in [1.54, 1.807) is 47.9 Å². The first-order valence-corrected chi connectivity index (χ1v) is 9.98. The Morgan fingerprint density at radius 3 is 2.58 bits per heavy atom. The van der Waals surface area contributed by atoms with Crippen molar-refractivity contribution in [3.05, 3.63) is 48.5 Å². The highest BCUT2D eigenvalue weighted by Gasteiger charge is 2.62. The molecule has 0 aromatic carbocycles. The van der Waals surface area contributed by atoms with E-state index in [1.165, 1.54) is 0 Å². The number of carbonyl (C=O) groups excluding carboxylic acids is 1. The van der Waals surface area contributed by atoms with Crippen LogP contribution in [0.3, 0.4) is 0 Å². The molecule has 1 amide bonds. The minimum Gasteiger partial charge on any atom is -0.463 e. The van der Waals surface area contributed by atoms with Crippen LogP contribution in [-0.2, 0) is 9.84 Å². The van der Waals surface area contributed by atoms with E-state index in [0.29, 0.717) is 12.0 Å². The third-order valence-corrected chi connectivity index (χ3v) is 7.79. The molecule has 4 rings (SSSR count). The van der Waals surface area contributed by atoms with Crippen LogP contribution in [-0.4, -0.2) is 64.4 Å². The average Bonchev–Trinajstić information content (AvgIpc) is 2.90. The lowest BCUT2D eigenvalue weighted by Crippen LogP contribution is -2.68. The molecule has 2 saturated heterocycles. The van der Waals surface area contributed by atoms with Crippen molar-refractivity contribution in [2.75, 3.05) is 25.4 Å². The van der Waals surface area contributed by atoms with Gasteiger partial charge in [-0.3, -0.25) is 9.78 Å². The van der Waals surface area contributed by atoms with E-state index in [4.69, 9.17) is 4.74 Å². The third kappa shape index (κ3) is 2.72. The standard InChI is InChI=1S/C17H18N4O4S/c22-15(13-2-7-18-8-3-13)21-11-17(12-21)14(4-9-26(17,23)24)10-25-16-19-5-1-6-20-16/h1-3,5-8,14H,4,9-12H2/t14-/m0/s1. The molecular weight excluding hydrogens is 356 g/mol. The van der Waals surface area contributed by atoms with Crippen LogP contribution in [0.1, 0.15) is 16.8 Å². The lowest BCUT2D eigenvalue weighted by Gasteiger charge is -2.49. The van der Waals surface area contributed by atoms with Crippen LogP contribution in [0.5, 0.6) is 6.01 Å². The van der Waals surface area contributed by atoms with Crippen LogP contribution in [0.2, 0.25) is 0 Å². The maximum absolute atomic E-state index is 12.7. The number of hydrogen-bond acceptors (Lipinski definition) is 7. The molecule has 2 aliphatic heterocycles. The zero-order chi connectivity index (χ0) is 18.2. The molecule has 8 nitrogen and oxygen atoms in total. The monoisotopic (exact) mass is 374 g/mol. The number of aromatic nitrogens is 3. The van der Waals surface area contributed by atoms with Crippen molar-refractivity contribution in [3.63, 3.8) is 0 Å². The third-order valence-electron chi connectivity index (χ3n) is 5.19. The summed E-state index contributed by atoms with van der Waals surface area (Å²) in [5.74, 6) is -0.238. The molecule has 0 bridgehead atoms. The smallest absolute Gasteiger partial charge is 0.316 e. The number of amides is 1. The first-order valence-electron chi connectivity index (χ1n) is 8.33. The van der Waals surface area contributed by atoms with Crippen molar-refractivity contribution in [1.29, 1.82) is 0 Å². The zero-order valence-electron chi connectivity index (χ0n) is 14.0. The molecule has 0 aliphatic carbocycles. The van der Waals surface area contributed by atoms with Crippen molar-refractivity contribution in [1.82, 2.24) is 19.9 Å². The summed E-state index contributed by atoms with van der Waals surface area (Å²) in [5.41, 5.74) is 0.510. The average molecular weight is 374 g/mol. The van der Waals surface area contributed by atoms with E-state index < -0.39 is 14.6 Å². The molecule has 0 radical (unpaired) electrons. The van der Waals surface area contributed by atoms with Gasteiger partial charge in [-0.1, -0.05) is 0 Å². The van der Waals surface area contributed by atoms with Crippen LogP contribution >= 0.6 is 0 Å². The largest absolute Gasteiger partial charge is 0.463 e. The fourth-order valence-electron chi connectivity index (χ4n) is 3.66. The van der Waals surface area contributed by atoms with Crippen molar-refractivity contribution in [2.24, 2.45) is 5.92 Å². The van der Waals surface area contributed by atoms with Gasteiger partial charge in [0, 0.05) is 49.4 Å². The molecule has 26 heavy (non-hydrogen) atoms. The summed E-state index contributed by atoms with van der Waals surface area (Å²) in [5, 5.41) is 0. The number of likely N-dealkylation sites (tertiary alicyclic amines) is 1. The van der Waals surface area contributed by atoms with E-state index in [-0.39, 0.29) is 43.3 Å². The summed E-state index contributed by atoms with van der Waals surface area (Å²) in [4.78, 5) is 26.0. The Balaban J connectivity index is 1.47. The second-order valence-electron chi connectivity index (χ2n) is 6.61. The van der Waals surface area contributed by atoms with E-state index in [2.05, 4.69) is 15.0 Å². The summed E-state index contributed by atoms with van der Waals surface area (Å²) in [7, 11) is -3.28. The maximum atomic E-state index is 12.7. The quantitative estimate of drug-likeness (QED) is 0.771. The Morgan fingerprint density at radius 2 is 1.88 bits per heavy atom. The van der Waals surface area contributed by atoms with Crippen LogP contribution in [0.15, 0.2) is 43.0 Å². The van der Waals surface area contributed by atoms with Crippen molar-refractivity contribution >= 4 is 15.7 Å². The highest BCUT2D eigenvalue weighted by atomic mass is 32.2. The van der Waals surface area contributed by atoms with Gasteiger partial charge in [-0.2, -0.15) is 0 Å². The van der Waals surface area contributed by atoms with E-state index in [9.17, 15) is 13.2 Å². The van der Waals surface area contributed by atoms with Gasteiger partial charge in [-0.05, 0) is 24.6 Å². The van der Waals surface area contributed by atoms with Crippen molar-refractivity contribution in [3.8, 4) is 6.01 Å². The number of nitrogens with zero attached hydrogens (tertiary/aromatic N) is 4. The summed E-state index contributed by atoms with van der Waals surface area (Å²) < 4.78 is 30.0. The normalized spacial score (nSPS) is 22.8. The summed E-state index contributed by atoms with van der Waals surface area (Å²) in [6.07, 6.45) is 6.76. The van der Waals surface area contributed by atoms with Gasteiger partial charge >= 0.3 is 6.01 Å². The summed E-state index contributed by atoms with van der Waals surface area (Å²) in [6, 6.07) is 5.17. The van der Waals surface area contributed by atoms with Gasteiger partial charge < -0.3 is 9.64 Å². The van der Waals surface area contributed by atoms with Gasteiger partial charge in [-0.25, -0.2) is 18.4 Å². The minimum atomic E-state index is -3.28. The van der Waals surface area contributed by atoms with Gasteiger partial charge in [0.2, 0.25) is 0 Å².